The quantitative estimate of drug-likeness (QED) is 0.752. The van der Waals surface area contributed by atoms with Crippen LogP contribution in [0.3, 0.4) is 0 Å². The SMILES string of the molecule is CC(=O)Nc1ccc2c(c1)OCc1cc(-c3ccc(S(C)=O)nc3)nn1C2. The van der Waals surface area contributed by atoms with Crippen molar-refractivity contribution in [2.45, 2.75) is 25.1 Å². The number of benzene rings is 1. The molecule has 0 bridgehead atoms. The summed E-state index contributed by atoms with van der Waals surface area (Å²) in [6, 6.07) is 11.2. The Balaban J connectivity index is 1.61. The van der Waals surface area contributed by atoms with E-state index in [2.05, 4.69) is 15.4 Å². The molecule has 27 heavy (non-hydrogen) atoms. The molecule has 2 aromatic heterocycles. The van der Waals surface area contributed by atoms with Crippen LogP contribution in [0.1, 0.15) is 18.2 Å². The molecular formula is C19H18N4O3S. The van der Waals surface area contributed by atoms with E-state index in [1.165, 1.54) is 6.92 Å². The summed E-state index contributed by atoms with van der Waals surface area (Å²) < 4.78 is 19.3. The monoisotopic (exact) mass is 382 g/mol. The van der Waals surface area contributed by atoms with Gasteiger partial charge in [-0.25, -0.2) is 4.98 Å². The maximum Gasteiger partial charge on any atom is 0.221 e. The molecule has 8 heteroatoms. The number of amides is 1. The number of aromatic nitrogens is 3. The van der Waals surface area contributed by atoms with Crippen LogP contribution in [0.25, 0.3) is 11.3 Å². The number of fused-ring (bicyclic) bond motifs is 2. The summed E-state index contributed by atoms with van der Waals surface area (Å²) >= 11 is 0. The van der Waals surface area contributed by atoms with Crippen LogP contribution in [0, 0.1) is 0 Å². The molecule has 0 spiro atoms. The smallest absolute Gasteiger partial charge is 0.221 e. The Morgan fingerprint density at radius 2 is 2.11 bits per heavy atom. The molecule has 4 rings (SSSR count). The first-order valence-electron chi connectivity index (χ1n) is 8.39. The van der Waals surface area contributed by atoms with Crippen molar-refractivity contribution in [3.63, 3.8) is 0 Å². The summed E-state index contributed by atoms with van der Waals surface area (Å²) in [6.45, 7) is 2.44. The number of ether oxygens (including phenoxy) is 1. The van der Waals surface area contributed by atoms with E-state index in [-0.39, 0.29) is 5.91 Å². The Kier molecular flexibility index (Phi) is 4.49. The molecule has 1 aliphatic rings. The standard InChI is InChI=1S/C19H18N4O3S/c1-12(24)21-15-5-3-14-10-23-16(11-26-18(14)7-15)8-17(22-23)13-4-6-19(20-9-13)27(2)25/h3-9H,10-11H2,1-2H3,(H,21,24). The van der Waals surface area contributed by atoms with Crippen LogP contribution in [0.5, 0.6) is 5.75 Å². The number of hydrogen-bond acceptors (Lipinski definition) is 5. The van der Waals surface area contributed by atoms with Gasteiger partial charge >= 0.3 is 0 Å². The van der Waals surface area contributed by atoms with Crippen molar-refractivity contribution in [2.24, 2.45) is 0 Å². The predicted octanol–water partition coefficient (Wildman–Crippen LogP) is 2.58. The topological polar surface area (TPSA) is 86.1 Å². The first-order chi connectivity index (χ1) is 13.0. The average molecular weight is 382 g/mol. The zero-order chi connectivity index (χ0) is 19.0. The molecular weight excluding hydrogens is 364 g/mol. The molecule has 1 aromatic carbocycles. The molecule has 0 saturated carbocycles. The molecule has 7 nitrogen and oxygen atoms in total. The summed E-state index contributed by atoms with van der Waals surface area (Å²) in [5.41, 5.74) is 4.32. The lowest BCUT2D eigenvalue weighted by Crippen LogP contribution is -2.06. The number of nitrogens with one attached hydrogen (secondary N) is 1. The van der Waals surface area contributed by atoms with Gasteiger partial charge in [0.25, 0.3) is 0 Å². The minimum Gasteiger partial charge on any atom is -0.487 e. The van der Waals surface area contributed by atoms with Gasteiger partial charge in [0, 0.05) is 42.3 Å². The van der Waals surface area contributed by atoms with E-state index < -0.39 is 10.8 Å². The maximum atomic E-state index is 11.5. The fourth-order valence-electron chi connectivity index (χ4n) is 2.97. The summed E-state index contributed by atoms with van der Waals surface area (Å²) in [6.07, 6.45) is 3.29. The van der Waals surface area contributed by atoms with E-state index in [0.717, 1.165) is 28.3 Å². The highest BCUT2D eigenvalue weighted by atomic mass is 32.2. The van der Waals surface area contributed by atoms with Crippen molar-refractivity contribution in [1.82, 2.24) is 14.8 Å². The van der Waals surface area contributed by atoms with Crippen molar-refractivity contribution in [3.05, 3.63) is 53.9 Å². The first kappa shape index (κ1) is 17.4. The third-order valence-corrected chi connectivity index (χ3v) is 5.10. The Bertz CT molecular complexity index is 1040. The van der Waals surface area contributed by atoms with Gasteiger partial charge in [0.1, 0.15) is 17.4 Å². The van der Waals surface area contributed by atoms with Crippen molar-refractivity contribution in [3.8, 4) is 17.0 Å². The van der Waals surface area contributed by atoms with Crippen LogP contribution in [0.4, 0.5) is 5.69 Å². The summed E-state index contributed by atoms with van der Waals surface area (Å²) in [4.78, 5) is 15.5. The highest BCUT2D eigenvalue weighted by molar-refractivity contribution is 7.84. The fourth-order valence-corrected chi connectivity index (χ4v) is 3.43. The lowest BCUT2D eigenvalue weighted by atomic mass is 10.2. The molecule has 1 N–H and O–H groups in total. The summed E-state index contributed by atoms with van der Waals surface area (Å²) in [5.74, 6) is 0.623. The number of carbonyl (C=O) groups is 1. The average Bonchev–Trinajstić information content (AvgIpc) is 2.96. The third kappa shape index (κ3) is 3.61. The van der Waals surface area contributed by atoms with Crippen molar-refractivity contribution >= 4 is 22.4 Å². The van der Waals surface area contributed by atoms with Crippen LogP contribution in [-0.2, 0) is 28.7 Å². The molecule has 0 aliphatic carbocycles. The molecule has 3 aromatic rings. The first-order valence-corrected chi connectivity index (χ1v) is 9.95. The lowest BCUT2D eigenvalue weighted by molar-refractivity contribution is -0.114. The van der Waals surface area contributed by atoms with Crippen molar-refractivity contribution < 1.29 is 13.7 Å². The highest BCUT2D eigenvalue weighted by Crippen LogP contribution is 2.29. The van der Waals surface area contributed by atoms with E-state index in [1.54, 1.807) is 18.5 Å². The Morgan fingerprint density at radius 3 is 2.81 bits per heavy atom. The van der Waals surface area contributed by atoms with Gasteiger partial charge in [0.15, 0.2) is 0 Å². The van der Waals surface area contributed by atoms with Gasteiger partial charge in [-0.15, -0.1) is 0 Å². The van der Waals surface area contributed by atoms with E-state index in [4.69, 9.17) is 4.74 Å². The third-order valence-electron chi connectivity index (χ3n) is 4.27. The molecule has 1 unspecified atom stereocenters. The number of carbonyl (C=O) groups excluding carboxylic acids is 1. The molecule has 1 aliphatic heterocycles. The lowest BCUT2D eigenvalue weighted by Gasteiger charge is -2.09. The van der Waals surface area contributed by atoms with Gasteiger partial charge in [-0.05, 0) is 24.3 Å². The number of nitrogens with zero attached hydrogens (tertiary/aromatic N) is 3. The minimum absolute atomic E-state index is 0.118. The summed E-state index contributed by atoms with van der Waals surface area (Å²) in [5, 5.41) is 7.99. The number of pyridine rings is 1. The normalized spacial score (nSPS) is 13.7. The van der Waals surface area contributed by atoms with Gasteiger partial charge < -0.3 is 10.1 Å². The zero-order valence-corrected chi connectivity index (χ0v) is 15.7. The van der Waals surface area contributed by atoms with Crippen LogP contribution in [0.2, 0.25) is 0 Å². The van der Waals surface area contributed by atoms with E-state index in [0.29, 0.717) is 23.9 Å². The van der Waals surface area contributed by atoms with Crippen LogP contribution in [0.15, 0.2) is 47.6 Å². The minimum atomic E-state index is -1.10. The second kappa shape index (κ2) is 6.96. The van der Waals surface area contributed by atoms with Gasteiger partial charge in [-0.1, -0.05) is 6.07 Å². The molecule has 3 heterocycles. The number of anilines is 1. The Hall–Kier alpha value is -3.00. The summed E-state index contributed by atoms with van der Waals surface area (Å²) in [7, 11) is -1.10. The molecule has 1 amide bonds. The van der Waals surface area contributed by atoms with E-state index in [9.17, 15) is 9.00 Å². The van der Waals surface area contributed by atoms with Crippen molar-refractivity contribution in [1.29, 1.82) is 0 Å². The molecule has 138 valence electrons. The largest absolute Gasteiger partial charge is 0.487 e. The molecule has 0 fully saturated rings. The van der Waals surface area contributed by atoms with Crippen molar-refractivity contribution in [2.75, 3.05) is 11.6 Å². The second-order valence-electron chi connectivity index (χ2n) is 6.31. The Morgan fingerprint density at radius 1 is 1.26 bits per heavy atom. The molecule has 1 atom stereocenters. The molecule has 0 radical (unpaired) electrons. The van der Waals surface area contributed by atoms with Crippen LogP contribution in [-0.4, -0.2) is 31.1 Å². The van der Waals surface area contributed by atoms with Gasteiger partial charge in [0.05, 0.1) is 28.7 Å². The van der Waals surface area contributed by atoms with Gasteiger partial charge in [0.2, 0.25) is 5.91 Å². The number of rotatable bonds is 3. The Labute approximate surface area is 158 Å². The second-order valence-corrected chi connectivity index (χ2v) is 7.64. The van der Waals surface area contributed by atoms with Gasteiger partial charge in [-0.2, -0.15) is 5.10 Å². The highest BCUT2D eigenvalue weighted by Gasteiger charge is 2.18. The molecule has 0 saturated heterocycles. The van der Waals surface area contributed by atoms with Crippen LogP contribution >= 0.6 is 0 Å². The fraction of sp³-hybridized carbons (Fsp3) is 0.211. The van der Waals surface area contributed by atoms with E-state index >= 15 is 0 Å². The van der Waals surface area contributed by atoms with E-state index in [1.807, 2.05) is 35.0 Å². The van der Waals surface area contributed by atoms with Crippen LogP contribution < -0.4 is 10.1 Å². The zero-order valence-electron chi connectivity index (χ0n) is 14.9. The predicted molar refractivity (Wildman–Crippen MR) is 102 cm³/mol. The van der Waals surface area contributed by atoms with Gasteiger partial charge in [-0.3, -0.25) is 13.7 Å². The number of hydrogen-bond donors (Lipinski definition) is 1. The maximum absolute atomic E-state index is 11.5.